The number of rotatable bonds is 4. The molecule has 0 saturated carbocycles. The topological polar surface area (TPSA) is 46.2 Å². The van der Waals surface area contributed by atoms with E-state index in [2.05, 4.69) is 0 Å². The fourth-order valence-corrected chi connectivity index (χ4v) is 5.93. The Morgan fingerprint density at radius 3 is 2.20 bits per heavy atom. The molecule has 1 N–H and O–H groups in total. The molecule has 0 aliphatic rings. The van der Waals surface area contributed by atoms with E-state index in [4.69, 9.17) is 6.42 Å². The first kappa shape index (κ1) is 14.5. The smallest absolute Gasteiger partial charge is 0.213 e. The van der Waals surface area contributed by atoms with Gasteiger partial charge in [0.05, 0.1) is 11.9 Å². The van der Waals surface area contributed by atoms with E-state index in [1.807, 2.05) is 10.6 Å². The van der Waals surface area contributed by atoms with Crippen molar-refractivity contribution in [3.05, 3.63) is 0 Å². The molecule has 0 aliphatic carbocycles. The van der Waals surface area contributed by atoms with Crippen molar-refractivity contribution in [2.75, 3.05) is 11.9 Å². The van der Waals surface area contributed by atoms with Crippen LogP contribution in [0.2, 0.25) is 13.1 Å². The van der Waals surface area contributed by atoms with Gasteiger partial charge in [-0.05, 0) is 0 Å². The van der Waals surface area contributed by atoms with Crippen molar-refractivity contribution in [1.82, 2.24) is 4.72 Å². The van der Waals surface area contributed by atoms with Crippen LogP contribution in [0.3, 0.4) is 0 Å². The maximum Gasteiger partial charge on any atom is 0.362 e. The average Bonchev–Trinajstić information content (AvgIpc) is 1.96. The lowest BCUT2D eigenvalue weighted by Crippen LogP contribution is -2.52. The fourth-order valence-electron chi connectivity index (χ4n) is 0.760. The summed E-state index contributed by atoms with van der Waals surface area (Å²) >= 11 is 0. The van der Waals surface area contributed by atoms with Crippen LogP contribution in [0.1, 0.15) is 0 Å². The van der Waals surface area contributed by atoms with E-state index in [0.29, 0.717) is 0 Å². The minimum Gasteiger partial charge on any atom is -0.213 e. The maximum absolute atomic E-state index is 12.4. The molecule has 15 heavy (non-hydrogen) atoms. The van der Waals surface area contributed by atoms with Crippen LogP contribution in [0.15, 0.2) is 0 Å². The summed E-state index contributed by atoms with van der Waals surface area (Å²) in [6.45, 7) is 1.63. The molecule has 0 aromatic heterocycles. The molecule has 0 fully saturated rings. The number of hydrogen-bond acceptors (Lipinski definition) is 2. The average molecular weight is 259 g/mol. The Bertz CT molecular complexity index is 355. The SMILES string of the molecule is C#CCNS(=O)(=O)C[Si](C)(C)C(F)(F)F. The van der Waals surface area contributed by atoms with Crippen molar-refractivity contribution < 1.29 is 21.6 Å². The summed E-state index contributed by atoms with van der Waals surface area (Å²) in [5.74, 6) is -2.44. The number of terminal acetylenes is 1. The Kier molecular flexibility index (Phi) is 4.39. The Labute approximate surface area is 88.1 Å². The largest absolute Gasteiger partial charge is 0.362 e. The molecular weight excluding hydrogens is 247 g/mol. The Morgan fingerprint density at radius 1 is 1.40 bits per heavy atom. The molecule has 0 spiro atoms. The second kappa shape index (κ2) is 4.55. The molecule has 0 amide bonds. The van der Waals surface area contributed by atoms with E-state index in [9.17, 15) is 21.6 Å². The zero-order valence-electron chi connectivity index (χ0n) is 8.35. The lowest BCUT2D eigenvalue weighted by atomic mass is 10.7. The summed E-state index contributed by atoms with van der Waals surface area (Å²) in [5, 5.41) is -0.898. The van der Waals surface area contributed by atoms with Crippen molar-refractivity contribution in [2.45, 2.75) is 18.9 Å². The molecule has 88 valence electrons. The van der Waals surface area contributed by atoms with Gasteiger partial charge in [-0.3, -0.25) is 0 Å². The number of halogens is 3. The molecule has 0 aromatic rings. The van der Waals surface area contributed by atoms with Crippen LogP contribution in [0.4, 0.5) is 13.2 Å². The molecular formula is C7H12F3NO2SSi. The van der Waals surface area contributed by atoms with Crippen molar-refractivity contribution in [2.24, 2.45) is 0 Å². The van der Waals surface area contributed by atoms with Gasteiger partial charge in [0.25, 0.3) is 0 Å². The number of alkyl halides is 3. The lowest BCUT2D eigenvalue weighted by Gasteiger charge is -2.24. The van der Waals surface area contributed by atoms with Gasteiger partial charge in [-0.15, -0.1) is 6.42 Å². The Hall–Kier alpha value is -0.523. The van der Waals surface area contributed by atoms with Crippen LogP contribution in [0.25, 0.3) is 0 Å². The Balaban J connectivity index is 4.68. The zero-order valence-corrected chi connectivity index (χ0v) is 10.2. The minimum atomic E-state index is -4.43. The fraction of sp³-hybridized carbons (Fsp3) is 0.714. The number of hydrogen-bond donors (Lipinski definition) is 1. The summed E-state index contributed by atoms with van der Waals surface area (Å²) < 4.78 is 61.5. The molecule has 0 unspecified atom stereocenters. The second-order valence-corrected chi connectivity index (χ2v) is 10.7. The Morgan fingerprint density at radius 2 is 1.87 bits per heavy atom. The number of nitrogens with one attached hydrogen (secondary N) is 1. The molecule has 3 nitrogen and oxygen atoms in total. The third-order valence-corrected chi connectivity index (χ3v) is 8.24. The predicted molar refractivity (Wildman–Crippen MR) is 54.2 cm³/mol. The van der Waals surface area contributed by atoms with Crippen LogP contribution >= 0.6 is 0 Å². The van der Waals surface area contributed by atoms with E-state index < -0.39 is 29.3 Å². The maximum atomic E-state index is 12.4. The van der Waals surface area contributed by atoms with Gasteiger partial charge < -0.3 is 0 Å². The van der Waals surface area contributed by atoms with Crippen LogP contribution in [-0.2, 0) is 10.0 Å². The molecule has 0 heterocycles. The van der Waals surface area contributed by atoms with Crippen molar-refractivity contribution in [3.8, 4) is 12.3 Å². The van der Waals surface area contributed by atoms with Gasteiger partial charge in [0.15, 0.2) is 8.07 Å². The van der Waals surface area contributed by atoms with Gasteiger partial charge in [-0.1, -0.05) is 19.0 Å². The summed E-state index contributed by atoms with van der Waals surface area (Å²) in [4.78, 5) is 0. The molecule has 0 bridgehead atoms. The van der Waals surface area contributed by atoms with Gasteiger partial charge in [0.2, 0.25) is 10.0 Å². The molecule has 0 aromatic carbocycles. The van der Waals surface area contributed by atoms with E-state index in [-0.39, 0.29) is 6.54 Å². The summed E-state index contributed by atoms with van der Waals surface area (Å²) in [5.41, 5.74) is 0. The predicted octanol–water partition coefficient (Wildman–Crippen LogP) is 0.888. The summed E-state index contributed by atoms with van der Waals surface area (Å²) in [6.07, 6.45) is 4.80. The highest BCUT2D eigenvalue weighted by Gasteiger charge is 2.51. The van der Waals surface area contributed by atoms with Crippen LogP contribution < -0.4 is 4.72 Å². The highest BCUT2D eigenvalue weighted by Crippen LogP contribution is 2.29. The minimum absolute atomic E-state index is 0.287. The lowest BCUT2D eigenvalue weighted by molar-refractivity contribution is -0.0555. The van der Waals surface area contributed by atoms with Gasteiger partial charge >= 0.3 is 5.80 Å². The van der Waals surface area contributed by atoms with Gasteiger partial charge in [0.1, 0.15) is 0 Å². The van der Waals surface area contributed by atoms with Crippen molar-refractivity contribution >= 4 is 18.1 Å². The monoisotopic (exact) mass is 259 g/mol. The molecule has 8 heteroatoms. The van der Waals surface area contributed by atoms with Gasteiger partial charge in [-0.25, -0.2) is 13.1 Å². The second-order valence-electron chi connectivity index (χ2n) is 3.67. The first-order chi connectivity index (χ1) is 6.52. The molecule has 0 rings (SSSR count). The third kappa shape index (κ3) is 4.68. The van der Waals surface area contributed by atoms with E-state index >= 15 is 0 Å². The quantitative estimate of drug-likeness (QED) is 0.602. The molecule has 0 radical (unpaired) electrons. The number of sulfonamides is 1. The van der Waals surface area contributed by atoms with Crippen molar-refractivity contribution in [3.63, 3.8) is 0 Å². The first-order valence-electron chi connectivity index (χ1n) is 3.99. The van der Waals surface area contributed by atoms with Crippen molar-refractivity contribution in [1.29, 1.82) is 0 Å². The van der Waals surface area contributed by atoms with Gasteiger partial charge in [0, 0.05) is 0 Å². The highest BCUT2D eigenvalue weighted by molar-refractivity contribution is 7.91. The normalized spacial score (nSPS) is 13.6. The molecule has 0 atom stereocenters. The first-order valence-corrected chi connectivity index (χ1v) is 8.85. The standard InChI is InChI=1S/C7H12F3NO2SSi/c1-4-5-11-14(12,13)6-15(2,3)7(8,9)10/h1,11H,5-6H2,2-3H3. The summed E-state index contributed by atoms with van der Waals surface area (Å²) in [7, 11) is -7.74. The summed E-state index contributed by atoms with van der Waals surface area (Å²) in [6, 6.07) is 0. The van der Waals surface area contributed by atoms with Crippen LogP contribution in [0.5, 0.6) is 0 Å². The molecule has 0 saturated heterocycles. The third-order valence-electron chi connectivity index (χ3n) is 1.71. The van der Waals surface area contributed by atoms with E-state index in [1.54, 1.807) is 0 Å². The van der Waals surface area contributed by atoms with Crippen LogP contribution in [0, 0.1) is 12.3 Å². The molecule has 0 aliphatic heterocycles. The van der Waals surface area contributed by atoms with Gasteiger partial charge in [-0.2, -0.15) is 13.2 Å². The highest BCUT2D eigenvalue weighted by atomic mass is 32.2. The van der Waals surface area contributed by atoms with E-state index in [1.165, 1.54) is 0 Å². The zero-order chi connectivity index (χ0) is 12.3. The van der Waals surface area contributed by atoms with Crippen LogP contribution in [-0.4, -0.2) is 34.2 Å². The van der Waals surface area contributed by atoms with E-state index in [0.717, 1.165) is 13.1 Å².